The van der Waals surface area contributed by atoms with Gasteiger partial charge >= 0.3 is 5.69 Å². The third kappa shape index (κ3) is 3.65. The van der Waals surface area contributed by atoms with Crippen molar-refractivity contribution in [1.82, 2.24) is 5.32 Å². The van der Waals surface area contributed by atoms with E-state index >= 15 is 0 Å². The number of nitrogens with zero attached hydrogens (tertiary/aromatic N) is 1. The fourth-order valence-electron chi connectivity index (χ4n) is 2.14. The summed E-state index contributed by atoms with van der Waals surface area (Å²) < 4.78 is 10.7. The van der Waals surface area contributed by atoms with E-state index in [1.807, 2.05) is 0 Å². The number of nitro groups is 1. The molecule has 0 aromatic heterocycles. The molecule has 6 nitrogen and oxygen atoms in total. The van der Waals surface area contributed by atoms with Crippen molar-refractivity contribution in [3.8, 4) is 5.75 Å². The molecule has 1 aromatic rings. The zero-order valence-corrected chi connectivity index (χ0v) is 10.9. The minimum absolute atomic E-state index is 0.0228. The first-order chi connectivity index (χ1) is 9.20. The van der Waals surface area contributed by atoms with Gasteiger partial charge in [-0.3, -0.25) is 10.1 Å². The molecule has 1 atom stereocenters. The minimum Gasteiger partial charge on any atom is -0.490 e. The third-order valence-electron chi connectivity index (χ3n) is 3.18. The second kappa shape index (κ2) is 6.49. The van der Waals surface area contributed by atoms with Crippen molar-refractivity contribution in [1.29, 1.82) is 0 Å². The van der Waals surface area contributed by atoms with Gasteiger partial charge in [0.15, 0.2) is 5.75 Å². The number of rotatable bonds is 5. The molecule has 0 aliphatic carbocycles. The highest BCUT2D eigenvalue weighted by Gasteiger charge is 2.17. The van der Waals surface area contributed by atoms with Crippen LogP contribution in [0.25, 0.3) is 0 Å². The van der Waals surface area contributed by atoms with Crippen molar-refractivity contribution in [2.45, 2.75) is 25.6 Å². The maximum absolute atomic E-state index is 10.9. The van der Waals surface area contributed by atoms with Crippen molar-refractivity contribution < 1.29 is 14.4 Å². The van der Waals surface area contributed by atoms with Gasteiger partial charge in [-0.1, -0.05) is 6.07 Å². The topological polar surface area (TPSA) is 73.6 Å². The van der Waals surface area contributed by atoms with E-state index in [1.54, 1.807) is 12.1 Å². The van der Waals surface area contributed by atoms with Crippen LogP contribution in [0.3, 0.4) is 0 Å². The van der Waals surface area contributed by atoms with Gasteiger partial charge in [0.25, 0.3) is 0 Å². The molecule has 2 rings (SSSR count). The predicted octanol–water partition coefficient (Wildman–Crippen LogP) is 1.87. The zero-order chi connectivity index (χ0) is 13.7. The van der Waals surface area contributed by atoms with Crippen LogP contribution in [0.5, 0.6) is 5.75 Å². The van der Waals surface area contributed by atoms with Gasteiger partial charge in [0.1, 0.15) is 0 Å². The number of benzene rings is 1. The highest BCUT2D eigenvalue weighted by molar-refractivity contribution is 5.48. The van der Waals surface area contributed by atoms with Crippen molar-refractivity contribution in [3.05, 3.63) is 33.9 Å². The van der Waals surface area contributed by atoms with Crippen LogP contribution in [-0.4, -0.2) is 31.2 Å². The number of piperidine rings is 1. The molecule has 1 fully saturated rings. The summed E-state index contributed by atoms with van der Waals surface area (Å²) in [7, 11) is 1.42. The summed E-state index contributed by atoms with van der Waals surface area (Å²) in [6, 6.07) is 4.91. The molecule has 0 unspecified atom stereocenters. The average Bonchev–Trinajstić information content (AvgIpc) is 2.46. The number of hydrogen-bond donors (Lipinski definition) is 1. The van der Waals surface area contributed by atoms with Crippen LogP contribution < -0.4 is 10.1 Å². The average molecular weight is 266 g/mol. The summed E-state index contributed by atoms with van der Waals surface area (Å²) in [4.78, 5) is 10.5. The number of nitro benzene ring substituents is 1. The lowest BCUT2D eigenvalue weighted by atomic mass is 10.1. The van der Waals surface area contributed by atoms with E-state index in [0.29, 0.717) is 6.61 Å². The Labute approximate surface area is 111 Å². The summed E-state index contributed by atoms with van der Waals surface area (Å²) in [5, 5.41) is 14.2. The first-order valence-corrected chi connectivity index (χ1v) is 6.34. The van der Waals surface area contributed by atoms with Crippen molar-refractivity contribution in [2.75, 3.05) is 20.2 Å². The van der Waals surface area contributed by atoms with E-state index in [0.717, 1.165) is 31.5 Å². The van der Waals surface area contributed by atoms with Crippen LogP contribution in [0.2, 0.25) is 0 Å². The largest absolute Gasteiger partial charge is 0.490 e. The van der Waals surface area contributed by atoms with E-state index in [9.17, 15) is 10.1 Å². The molecule has 0 saturated carbocycles. The van der Waals surface area contributed by atoms with E-state index in [2.05, 4.69) is 5.32 Å². The van der Waals surface area contributed by atoms with Crippen molar-refractivity contribution >= 4 is 5.69 Å². The molecule has 104 valence electrons. The lowest BCUT2D eigenvalue weighted by Crippen LogP contribution is -2.35. The summed E-state index contributed by atoms with van der Waals surface area (Å²) in [6.07, 6.45) is 2.33. The maximum Gasteiger partial charge on any atom is 0.311 e. The first kappa shape index (κ1) is 13.8. The van der Waals surface area contributed by atoms with E-state index in [-0.39, 0.29) is 17.5 Å². The van der Waals surface area contributed by atoms with Gasteiger partial charge in [0, 0.05) is 12.6 Å². The Morgan fingerprint density at radius 2 is 2.37 bits per heavy atom. The van der Waals surface area contributed by atoms with Crippen LogP contribution in [0, 0.1) is 10.1 Å². The lowest BCUT2D eigenvalue weighted by Gasteiger charge is -2.23. The number of methoxy groups -OCH3 is 1. The lowest BCUT2D eigenvalue weighted by molar-refractivity contribution is -0.385. The van der Waals surface area contributed by atoms with Crippen LogP contribution in [0.15, 0.2) is 18.2 Å². The summed E-state index contributed by atoms with van der Waals surface area (Å²) in [5.41, 5.74) is 0.767. The van der Waals surface area contributed by atoms with Gasteiger partial charge in [-0.25, -0.2) is 0 Å². The van der Waals surface area contributed by atoms with E-state index in [4.69, 9.17) is 9.47 Å². The highest BCUT2D eigenvalue weighted by atomic mass is 16.6. The van der Waals surface area contributed by atoms with E-state index < -0.39 is 4.92 Å². The normalized spacial score (nSPS) is 19.1. The molecular formula is C13H18N2O4. The van der Waals surface area contributed by atoms with Gasteiger partial charge in [-0.15, -0.1) is 0 Å². The van der Waals surface area contributed by atoms with Crippen molar-refractivity contribution in [2.24, 2.45) is 0 Å². The van der Waals surface area contributed by atoms with Crippen LogP contribution in [-0.2, 0) is 11.3 Å². The van der Waals surface area contributed by atoms with Crippen LogP contribution in [0.1, 0.15) is 18.4 Å². The summed E-state index contributed by atoms with van der Waals surface area (Å²) >= 11 is 0. The number of nitrogens with one attached hydrogen (secondary N) is 1. The van der Waals surface area contributed by atoms with Crippen LogP contribution in [0.4, 0.5) is 5.69 Å². The monoisotopic (exact) mass is 266 g/mol. The zero-order valence-electron chi connectivity index (χ0n) is 10.9. The fraction of sp³-hybridized carbons (Fsp3) is 0.538. The molecular weight excluding hydrogens is 248 g/mol. The van der Waals surface area contributed by atoms with Crippen molar-refractivity contribution in [3.63, 3.8) is 0 Å². The smallest absolute Gasteiger partial charge is 0.311 e. The highest BCUT2D eigenvalue weighted by Crippen LogP contribution is 2.28. The molecule has 6 heteroatoms. The Morgan fingerprint density at radius 1 is 1.53 bits per heavy atom. The Hall–Kier alpha value is -1.66. The molecule has 0 amide bonds. The predicted molar refractivity (Wildman–Crippen MR) is 70.3 cm³/mol. The molecule has 0 bridgehead atoms. The van der Waals surface area contributed by atoms with Gasteiger partial charge in [-0.2, -0.15) is 0 Å². The summed E-state index contributed by atoms with van der Waals surface area (Å²) in [5.74, 6) is 0.271. The van der Waals surface area contributed by atoms with Crippen LogP contribution >= 0.6 is 0 Å². The Balaban J connectivity index is 2.00. The maximum atomic E-state index is 10.9. The van der Waals surface area contributed by atoms with Gasteiger partial charge in [0.05, 0.1) is 24.7 Å². The molecule has 0 radical (unpaired) electrons. The SMILES string of the molecule is COc1ccc(CO[C@H]2CCCNC2)cc1[N+](=O)[O-]. The third-order valence-corrected chi connectivity index (χ3v) is 3.18. The Morgan fingerprint density at radius 3 is 3.00 bits per heavy atom. The molecule has 1 heterocycles. The summed E-state index contributed by atoms with van der Waals surface area (Å²) in [6.45, 7) is 2.27. The second-order valence-electron chi connectivity index (χ2n) is 4.54. The number of hydrogen-bond acceptors (Lipinski definition) is 5. The molecule has 1 aromatic carbocycles. The quantitative estimate of drug-likeness (QED) is 0.650. The Bertz CT molecular complexity index is 444. The first-order valence-electron chi connectivity index (χ1n) is 6.34. The molecule has 1 saturated heterocycles. The molecule has 1 N–H and O–H groups in total. The minimum atomic E-state index is -0.440. The molecule has 19 heavy (non-hydrogen) atoms. The van der Waals surface area contributed by atoms with Gasteiger partial charge in [-0.05, 0) is 31.0 Å². The second-order valence-corrected chi connectivity index (χ2v) is 4.54. The van der Waals surface area contributed by atoms with E-state index in [1.165, 1.54) is 13.2 Å². The van der Waals surface area contributed by atoms with Gasteiger partial charge in [0.2, 0.25) is 0 Å². The van der Waals surface area contributed by atoms with Gasteiger partial charge < -0.3 is 14.8 Å². The Kier molecular flexibility index (Phi) is 4.70. The molecule has 1 aliphatic heterocycles. The number of ether oxygens (including phenoxy) is 2. The molecule has 0 spiro atoms. The molecule has 1 aliphatic rings. The fourth-order valence-corrected chi connectivity index (χ4v) is 2.14. The standard InChI is InChI=1S/C13H18N2O4/c1-18-13-5-4-10(7-12(13)15(16)17)9-19-11-3-2-6-14-8-11/h4-5,7,11,14H,2-3,6,8-9H2,1H3/t11-/m0/s1.